The van der Waals surface area contributed by atoms with Gasteiger partial charge in [0.25, 0.3) is 5.24 Å². The predicted molar refractivity (Wildman–Crippen MR) is 73.2 cm³/mol. The quantitative estimate of drug-likeness (QED) is 0.641. The molecule has 0 aliphatic rings. The van der Waals surface area contributed by atoms with E-state index in [1.807, 2.05) is 12.1 Å². The van der Waals surface area contributed by atoms with E-state index in [-0.39, 0.29) is 17.2 Å². The molecule has 1 N–H and O–H groups in total. The summed E-state index contributed by atoms with van der Waals surface area (Å²) in [4.78, 5) is 12.3. The van der Waals surface area contributed by atoms with Crippen LogP contribution in [-0.2, 0) is 5.41 Å². The summed E-state index contributed by atoms with van der Waals surface area (Å²) in [7, 11) is 0. The summed E-state index contributed by atoms with van der Waals surface area (Å²) in [5.74, 6) is 2.37. The van der Waals surface area contributed by atoms with Crippen LogP contribution in [0.5, 0.6) is 0 Å². The molecule has 1 amide bonds. The van der Waals surface area contributed by atoms with Gasteiger partial charge in [-0.3, -0.25) is 4.79 Å². The molecule has 0 spiro atoms. The SMILES string of the molecule is C#CCNC(=O)Sc1ccc(C(C)(C)C)cc1. The Balaban J connectivity index is 2.63. The molecule has 0 bridgehead atoms. The van der Waals surface area contributed by atoms with Gasteiger partial charge in [-0.05, 0) is 34.9 Å². The number of carbonyl (C=O) groups excluding carboxylic acids is 1. The third-order valence-corrected chi connectivity index (χ3v) is 3.10. The first-order valence-corrected chi connectivity index (χ1v) is 6.25. The maximum atomic E-state index is 11.4. The van der Waals surface area contributed by atoms with E-state index in [1.165, 1.54) is 5.56 Å². The smallest absolute Gasteiger partial charge is 0.284 e. The number of hydrogen-bond acceptors (Lipinski definition) is 2. The minimum absolute atomic E-state index is 0.119. The highest BCUT2D eigenvalue weighted by atomic mass is 32.2. The molecule has 0 unspecified atom stereocenters. The number of carbonyl (C=O) groups is 1. The van der Waals surface area contributed by atoms with Crippen molar-refractivity contribution >= 4 is 17.0 Å². The molecule has 0 aromatic heterocycles. The molecule has 1 aromatic rings. The van der Waals surface area contributed by atoms with Gasteiger partial charge < -0.3 is 5.32 Å². The van der Waals surface area contributed by atoms with Gasteiger partial charge in [-0.25, -0.2) is 0 Å². The number of rotatable bonds is 2. The lowest BCUT2D eigenvalue weighted by atomic mass is 9.87. The van der Waals surface area contributed by atoms with Crippen molar-refractivity contribution in [3.05, 3.63) is 29.8 Å². The number of hydrogen-bond donors (Lipinski definition) is 1. The number of terminal acetylenes is 1. The Bertz CT molecular complexity index is 423. The fourth-order valence-electron chi connectivity index (χ4n) is 1.29. The molecular formula is C14H17NOS. The highest BCUT2D eigenvalue weighted by Gasteiger charge is 2.13. The molecule has 90 valence electrons. The van der Waals surface area contributed by atoms with E-state index in [1.54, 1.807) is 0 Å². The van der Waals surface area contributed by atoms with E-state index in [4.69, 9.17) is 6.42 Å². The van der Waals surface area contributed by atoms with E-state index in [9.17, 15) is 4.79 Å². The van der Waals surface area contributed by atoms with Gasteiger partial charge in [0.1, 0.15) is 0 Å². The summed E-state index contributed by atoms with van der Waals surface area (Å²) in [5, 5.41) is 2.49. The van der Waals surface area contributed by atoms with Crippen molar-refractivity contribution in [3.8, 4) is 12.3 Å². The van der Waals surface area contributed by atoms with Crippen molar-refractivity contribution < 1.29 is 4.79 Å². The molecule has 0 saturated carbocycles. The van der Waals surface area contributed by atoms with E-state index < -0.39 is 0 Å². The zero-order valence-corrected chi connectivity index (χ0v) is 11.2. The molecule has 17 heavy (non-hydrogen) atoms. The van der Waals surface area contributed by atoms with Gasteiger partial charge in [0, 0.05) is 4.90 Å². The Kier molecular flexibility index (Phi) is 4.65. The number of amides is 1. The fraction of sp³-hybridized carbons (Fsp3) is 0.357. The molecule has 0 saturated heterocycles. The maximum absolute atomic E-state index is 11.4. The molecule has 0 fully saturated rings. The Morgan fingerprint density at radius 2 is 1.94 bits per heavy atom. The van der Waals surface area contributed by atoms with Crippen molar-refractivity contribution in [2.75, 3.05) is 6.54 Å². The molecule has 0 aliphatic heterocycles. The van der Waals surface area contributed by atoms with Crippen LogP contribution in [0.1, 0.15) is 26.3 Å². The third-order valence-electron chi connectivity index (χ3n) is 2.27. The number of benzene rings is 1. The van der Waals surface area contributed by atoms with E-state index in [0.717, 1.165) is 16.7 Å². The van der Waals surface area contributed by atoms with Crippen LogP contribution in [0, 0.1) is 12.3 Å². The van der Waals surface area contributed by atoms with Crippen LogP contribution in [0.3, 0.4) is 0 Å². The molecule has 0 atom stereocenters. The number of thioether (sulfide) groups is 1. The molecular weight excluding hydrogens is 230 g/mol. The second kappa shape index (κ2) is 5.79. The minimum Gasteiger partial charge on any atom is -0.336 e. The second-order valence-corrected chi connectivity index (χ2v) is 5.77. The average Bonchev–Trinajstić information content (AvgIpc) is 2.26. The van der Waals surface area contributed by atoms with Gasteiger partial charge in [-0.1, -0.05) is 38.8 Å². The lowest BCUT2D eigenvalue weighted by molar-refractivity contribution is 0.261. The second-order valence-electron chi connectivity index (χ2n) is 4.72. The standard InChI is InChI=1S/C14H17NOS/c1-5-10-15-13(16)17-12-8-6-11(7-9-12)14(2,3)4/h1,6-9H,10H2,2-4H3,(H,15,16). The van der Waals surface area contributed by atoms with Crippen LogP contribution in [0.2, 0.25) is 0 Å². The van der Waals surface area contributed by atoms with Crippen molar-refractivity contribution in [2.45, 2.75) is 31.1 Å². The third kappa shape index (κ3) is 4.54. The van der Waals surface area contributed by atoms with Crippen LogP contribution in [0.25, 0.3) is 0 Å². The van der Waals surface area contributed by atoms with Gasteiger partial charge >= 0.3 is 0 Å². The molecule has 1 aromatic carbocycles. The first-order chi connectivity index (χ1) is 7.93. The van der Waals surface area contributed by atoms with E-state index in [0.29, 0.717) is 0 Å². The van der Waals surface area contributed by atoms with Crippen molar-refractivity contribution in [1.82, 2.24) is 5.32 Å². The lowest BCUT2D eigenvalue weighted by Gasteiger charge is -2.18. The van der Waals surface area contributed by atoms with Crippen LogP contribution in [0.4, 0.5) is 4.79 Å². The summed E-state index contributed by atoms with van der Waals surface area (Å²) in [6.07, 6.45) is 5.06. The van der Waals surface area contributed by atoms with Crippen molar-refractivity contribution in [2.24, 2.45) is 0 Å². The van der Waals surface area contributed by atoms with E-state index >= 15 is 0 Å². The van der Waals surface area contributed by atoms with Gasteiger partial charge in [0.2, 0.25) is 0 Å². The molecule has 0 aliphatic carbocycles. The lowest BCUT2D eigenvalue weighted by Crippen LogP contribution is -2.18. The van der Waals surface area contributed by atoms with Gasteiger partial charge in [0.15, 0.2) is 0 Å². The highest BCUT2D eigenvalue weighted by Crippen LogP contribution is 2.25. The first kappa shape index (κ1) is 13.7. The average molecular weight is 247 g/mol. The monoisotopic (exact) mass is 247 g/mol. The molecule has 1 rings (SSSR count). The van der Waals surface area contributed by atoms with Gasteiger partial charge in [-0.2, -0.15) is 0 Å². The predicted octanol–water partition coefficient (Wildman–Crippen LogP) is 3.42. The Morgan fingerprint density at radius 3 is 2.41 bits per heavy atom. The minimum atomic E-state index is -0.119. The summed E-state index contributed by atoms with van der Waals surface area (Å²) >= 11 is 1.16. The first-order valence-electron chi connectivity index (χ1n) is 5.43. The van der Waals surface area contributed by atoms with E-state index in [2.05, 4.69) is 44.1 Å². The molecule has 2 nitrogen and oxygen atoms in total. The van der Waals surface area contributed by atoms with Crippen LogP contribution in [0.15, 0.2) is 29.2 Å². The van der Waals surface area contributed by atoms with Gasteiger partial charge in [-0.15, -0.1) is 6.42 Å². The van der Waals surface area contributed by atoms with Crippen LogP contribution >= 0.6 is 11.8 Å². The normalized spacial score (nSPS) is 10.7. The summed E-state index contributed by atoms with van der Waals surface area (Å²) in [5.41, 5.74) is 1.39. The van der Waals surface area contributed by atoms with Crippen LogP contribution in [-0.4, -0.2) is 11.8 Å². The zero-order chi connectivity index (χ0) is 12.9. The van der Waals surface area contributed by atoms with Crippen molar-refractivity contribution in [3.63, 3.8) is 0 Å². The largest absolute Gasteiger partial charge is 0.336 e. The Morgan fingerprint density at radius 1 is 1.35 bits per heavy atom. The number of nitrogens with one attached hydrogen (secondary N) is 1. The molecule has 0 radical (unpaired) electrons. The maximum Gasteiger partial charge on any atom is 0.284 e. The molecule has 0 heterocycles. The Labute approximate surface area is 107 Å². The zero-order valence-electron chi connectivity index (χ0n) is 10.4. The van der Waals surface area contributed by atoms with Gasteiger partial charge in [0.05, 0.1) is 6.54 Å². The summed E-state index contributed by atoms with van der Waals surface area (Å²) < 4.78 is 0. The molecule has 3 heteroatoms. The Hall–Kier alpha value is -1.40. The van der Waals surface area contributed by atoms with Crippen LogP contribution < -0.4 is 5.32 Å². The summed E-state index contributed by atoms with van der Waals surface area (Å²) in [6.45, 7) is 6.75. The highest BCUT2D eigenvalue weighted by molar-refractivity contribution is 8.13. The topological polar surface area (TPSA) is 29.1 Å². The van der Waals surface area contributed by atoms with Crippen molar-refractivity contribution in [1.29, 1.82) is 0 Å². The fourth-order valence-corrected chi connectivity index (χ4v) is 1.92. The summed E-state index contributed by atoms with van der Waals surface area (Å²) in [6, 6.07) is 8.02.